The maximum atomic E-state index is 12.4. The van der Waals surface area contributed by atoms with Gasteiger partial charge in [0, 0.05) is 44.0 Å². The van der Waals surface area contributed by atoms with Crippen LogP contribution in [-0.2, 0) is 0 Å². The van der Waals surface area contributed by atoms with Crippen molar-refractivity contribution in [2.75, 3.05) is 65.5 Å². The van der Waals surface area contributed by atoms with E-state index in [-0.39, 0.29) is 5.91 Å². The molecule has 1 aliphatic heterocycles. The van der Waals surface area contributed by atoms with E-state index in [1.54, 1.807) is 39.5 Å². The molecule has 2 aromatic carbocycles. The van der Waals surface area contributed by atoms with Crippen LogP contribution in [0.25, 0.3) is 0 Å². The minimum Gasteiger partial charge on any atom is -0.497 e. The van der Waals surface area contributed by atoms with Crippen LogP contribution in [0, 0.1) is 0 Å². The molecule has 2 aromatic rings. The number of amides is 1. The molecule has 1 heterocycles. The maximum Gasteiger partial charge on any atom is 0.251 e. The van der Waals surface area contributed by atoms with E-state index in [2.05, 4.69) is 27.2 Å². The molecule has 0 radical (unpaired) electrons. The molecule has 0 unspecified atom stereocenters. The molecule has 1 amide bonds. The van der Waals surface area contributed by atoms with Gasteiger partial charge >= 0.3 is 0 Å². The number of hydrogen-bond donors (Lipinski definition) is 1. The molecule has 30 heavy (non-hydrogen) atoms. The van der Waals surface area contributed by atoms with Gasteiger partial charge in [-0.05, 0) is 55.4 Å². The highest BCUT2D eigenvalue weighted by atomic mass is 16.5. The van der Waals surface area contributed by atoms with Crippen LogP contribution >= 0.6 is 0 Å². The van der Waals surface area contributed by atoms with E-state index in [9.17, 15) is 4.79 Å². The van der Waals surface area contributed by atoms with Crippen molar-refractivity contribution in [1.82, 2.24) is 10.2 Å². The molecule has 0 aromatic heterocycles. The Labute approximate surface area is 178 Å². The molecule has 0 spiro atoms. The Morgan fingerprint density at radius 2 is 1.60 bits per heavy atom. The second-order valence-electron chi connectivity index (χ2n) is 7.21. The summed E-state index contributed by atoms with van der Waals surface area (Å²) in [5.74, 6) is 1.95. The number of nitrogens with one attached hydrogen (secondary N) is 1. The molecule has 1 saturated heterocycles. The summed E-state index contributed by atoms with van der Waals surface area (Å²) in [6.07, 6.45) is 0.918. The van der Waals surface area contributed by atoms with Gasteiger partial charge in [-0.3, -0.25) is 9.69 Å². The lowest BCUT2D eigenvalue weighted by molar-refractivity contribution is 0.0951. The van der Waals surface area contributed by atoms with E-state index in [1.807, 2.05) is 12.1 Å². The normalized spacial score (nSPS) is 14.3. The fraction of sp³-hybridized carbons (Fsp3) is 0.435. The van der Waals surface area contributed by atoms with Gasteiger partial charge in [0.25, 0.3) is 5.91 Å². The molecule has 1 fully saturated rings. The van der Waals surface area contributed by atoms with Crippen LogP contribution < -0.4 is 24.4 Å². The number of anilines is 1. The first-order chi connectivity index (χ1) is 14.6. The molecular weight excluding hydrogens is 382 g/mol. The van der Waals surface area contributed by atoms with E-state index in [1.165, 1.54) is 5.69 Å². The highest BCUT2D eigenvalue weighted by Gasteiger charge is 2.17. The van der Waals surface area contributed by atoms with Gasteiger partial charge in [-0.1, -0.05) is 0 Å². The Hall–Kier alpha value is -2.93. The molecule has 0 saturated carbocycles. The second kappa shape index (κ2) is 10.7. The number of ether oxygens (including phenoxy) is 3. The summed E-state index contributed by atoms with van der Waals surface area (Å²) < 4.78 is 15.7. The Morgan fingerprint density at radius 1 is 0.900 bits per heavy atom. The summed E-state index contributed by atoms with van der Waals surface area (Å²) in [5, 5.41) is 2.99. The molecular formula is C23H31N3O4. The number of piperazine rings is 1. The van der Waals surface area contributed by atoms with Crippen molar-refractivity contribution in [1.29, 1.82) is 0 Å². The van der Waals surface area contributed by atoms with Crippen molar-refractivity contribution in [2.45, 2.75) is 6.42 Å². The van der Waals surface area contributed by atoms with Gasteiger partial charge in [-0.15, -0.1) is 0 Å². The molecule has 7 heteroatoms. The lowest BCUT2D eigenvalue weighted by atomic mass is 10.2. The number of carbonyl (C=O) groups excluding carboxylic acids is 1. The number of benzene rings is 2. The summed E-state index contributed by atoms with van der Waals surface area (Å²) in [7, 11) is 4.83. The van der Waals surface area contributed by atoms with Crippen molar-refractivity contribution in [2.24, 2.45) is 0 Å². The first-order valence-electron chi connectivity index (χ1n) is 10.3. The lowest BCUT2D eigenvalue weighted by Crippen LogP contribution is -2.47. The molecule has 3 rings (SSSR count). The molecule has 1 N–H and O–H groups in total. The molecule has 0 atom stereocenters. The van der Waals surface area contributed by atoms with Crippen LogP contribution in [0.15, 0.2) is 42.5 Å². The number of hydrogen-bond acceptors (Lipinski definition) is 6. The minimum atomic E-state index is -0.0970. The quantitative estimate of drug-likeness (QED) is 0.638. The fourth-order valence-electron chi connectivity index (χ4n) is 3.61. The van der Waals surface area contributed by atoms with E-state index >= 15 is 0 Å². The number of carbonyl (C=O) groups is 1. The van der Waals surface area contributed by atoms with Gasteiger partial charge in [0.1, 0.15) is 5.75 Å². The topological polar surface area (TPSA) is 63.3 Å². The Kier molecular flexibility index (Phi) is 7.79. The van der Waals surface area contributed by atoms with E-state index in [0.29, 0.717) is 23.6 Å². The number of methoxy groups -OCH3 is 3. The van der Waals surface area contributed by atoms with Crippen LogP contribution in [0.2, 0.25) is 0 Å². The van der Waals surface area contributed by atoms with Crippen molar-refractivity contribution < 1.29 is 19.0 Å². The average Bonchev–Trinajstić information content (AvgIpc) is 2.81. The van der Waals surface area contributed by atoms with Crippen molar-refractivity contribution >= 4 is 11.6 Å². The monoisotopic (exact) mass is 413 g/mol. The first-order valence-corrected chi connectivity index (χ1v) is 10.3. The van der Waals surface area contributed by atoms with Gasteiger partial charge in [-0.2, -0.15) is 0 Å². The standard InChI is InChI=1S/C23H31N3O4/c1-28-20-8-6-19(7-9-20)26-15-13-25(14-16-26)12-4-11-24-23(27)18-5-10-21(29-2)22(17-18)30-3/h5-10,17H,4,11-16H2,1-3H3,(H,24,27). The van der Waals surface area contributed by atoms with Crippen LogP contribution in [0.5, 0.6) is 17.2 Å². The fourth-order valence-corrected chi connectivity index (χ4v) is 3.61. The maximum absolute atomic E-state index is 12.4. The second-order valence-corrected chi connectivity index (χ2v) is 7.21. The summed E-state index contributed by atoms with van der Waals surface area (Å²) in [6, 6.07) is 13.4. The predicted molar refractivity (Wildman–Crippen MR) is 118 cm³/mol. The summed E-state index contributed by atoms with van der Waals surface area (Å²) in [5.41, 5.74) is 1.80. The number of rotatable bonds is 9. The van der Waals surface area contributed by atoms with Gasteiger partial charge in [-0.25, -0.2) is 0 Å². The zero-order valence-electron chi connectivity index (χ0n) is 18.0. The third-order valence-electron chi connectivity index (χ3n) is 5.39. The highest BCUT2D eigenvalue weighted by molar-refractivity contribution is 5.94. The van der Waals surface area contributed by atoms with E-state index in [0.717, 1.165) is 44.9 Å². The lowest BCUT2D eigenvalue weighted by Gasteiger charge is -2.36. The third-order valence-corrected chi connectivity index (χ3v) is 5.39. The Balaban J connectivity index is 1.37. The summed E-state index contributed by atoms with van der Waals surface area (Å²) in [4.78, 5) is 17.2. The molecule has 7 nitrogen and oxygen atoms in total. The van der Waals surface area contributed by atoms with Crippen LogP contribution in [0.1, 0.15) is 16.8 Å². The van der Waals surface area contributed by atoms with Gasteiger partial charge in [0.15, 0.2) is 11.5 Å². The predicted octanol–water partition coefficient (Wildman–Crippen LogP) is 2.65. The molecule has 162 valence electrons. The van der Waals surface area contributed by atoms with Crippen molar-refractivity contribution in [3.63, 3.8) is 0 Å². The SMILES string of the molecule is COc1ccc(N2CCN(CCCNC(=O)c3ccc(OC)c(OC)c3)CC2)cc1. The summed E-state index contributed by atoms with van der Waals surface area (Å²) >= 11 is 0. The third kappa shape index (κ3) is 5.57. The first kappa shape index (κ1) is 21.8. The van der Waals surface area contributed by atoms with E-state index in [4.69, 9.17) is 14.2 Å². The van der Waals surface area contributed by atoms with Crippen LogP contribution in [-0.4, -0.2) is 71.4 Å². The van der Waals surface area contributed by atoms with Crippen molar-refractivity contribution in [3.05, 3.63) is 48.0 Å². The zero-order chi connectivity index (χ0) is 21.3. The number of nitrogens with zero attached hydrogens (tertiary/aromatic N) is 2. The summed E-state index contributed by atoms with van der Waals surface area (Å²) in [6.45, 7) is 5.68. The average molecular weight is 414 g/mol. The van der Waals surface area contributed by atoms with Gasteiger partial charge in [0.2, 0.25) is 0 Å². The van der Waals surface area contributed by atoms with Crippen LogP contribution in [0.3, 0.4) is 0 Å². The Morgan fingerprint density at radius 3 is 2.23 bits per heavy atom. The minimum absolute atomic E-state index is 0.0970. The van der Waals surface area contributed by atoms with Gasteiger partial charge < -0.3 is 24.4 Å². The molecule has 1 aliphatic rings. The largest absolute Gasteiger partial charge is 0.497 e. The van der Waals surface area contributed by atoms with Crippen molar-refractivity contribution in [3.8, 4) is 17.2 Å². The molecule has 0 aliphatic carbocycles. The highest BCUT2D eigenvalue weighted by Crippen LogP contribution is 2.27. The Bertz CT molecular complexity index is 818. The zero-order valence-corrected chi connectivity index (χ0v) is 18.0. The van der Waals surface area contributed by atoms with E-state index < -0.39 is 0 Å². The van der Waals surface area contributed by atoms with Gasteiger partial charge in [0.05, 0.1) is 21.3 Å². The smallest absolute Gasteiger partial charge is 0.251 e. The van der Waals surface area contributed by atoms with Crippen LogP contribution in [0.4, 0.5) is 5.69 Å². The molecule has 0 bridgehead atoms.